The predicted molar refractivity (Wildman–Crippen MR) is 105 cm³/mol. The molecular weight excluding hydrogens is 360 g/mol. The third-order valence-corrected chi connectivity index (χ3v) is 4.91. The third kappa shape index (κ3) is 4.43. The first-order valence-electron chi connectivity index (χ1n) is 9.07. The quantitative estimate of drug-likeness (QED) is 0.762. The molecule has 1 saturated heterocycles. The van der Waals surface area contributed by atoms with Crippen LogP contribution < -0.4 is 10.1 Å². The van der Waals surface area contributed by atoms with Crippen molar-refractivity contribution in [2.45, 2.75) is 25.0 Å². The van der Waals surface area contributed by atoms with Gasteiger partial charge in [-0.3, -0.25) is 9.59 Å². The Morgan fingerprint density at radius 3 is 2.50 bits per heavy atom. The van der Waals surface area contributed by atoms with Crippen LogP contribution in [0.3, 0.4) is 0 Å². The molecule has 0 aromatic heterocycles. The number of methoxy groups -OCH3 is 2. The molecule has 2 atom stereocenters. The standard InChI is InChI=1S/C21H24N2O5/c1-27-16-9-7-14(8-10-16)22-19-6-4-3-5-18(19)21(26)23-13-17(28-2)11-15(23)12-20(24)25/h3-10,15,17,22H,11-13H2,1-2H3,(H,24,25). The van der Waals surface area contributed by atoms with Gasteiger partial charge >= 0.3 is 5.97 Å². The molecule has 1 aliphatic rings. The van der Waals surface area contributed by atoms with Gasteiger partial charge in [0.1, 0.15) is 5.75 Å². The topological polar surface area (TPSA) is 88.1 Å². The number of aliphatic carboxylic acids is 1. The van der Waals surface area contributed by atoms with Crippen molar-refractivity contribution in [2.24, 2.45) is 0 Å². The first-order chi connectivity index (χ1) is 13.5. The van der Waals surface area contributed by atoms with E-state index in [1.165, 1.54) is 0 Å². The Labute approximate surface area is 163 Å². The number of carbonyl (C=O) groups is 2. The van der Waals surface area contributed by atoms with E-state index in [4.69, 9.17) is 9.47 Å². The third-order valence-electron chi connectivity index (χ3n) is 4.91. The van der Waals surface area contributed by atoms with Gasteiger partial charge in [-0.15, -0.1) is 0 Å². The van der Waals surface area contributed by atoms with Crippen molar-refractivity contribution >= 4 is 23.3 Å². The highest BCUT2D eigenvalue weighted by Gasteiger charge is 2.37. The minimum Gasteiger partial charge on any atom is -0.497 e. The lowest BCUT2D eigenvalue weighted by atomic mass is 10.1. The maximum Gasteiger partial charge on any atom is 0.305 e. The zero-order valence-electron chi connectivity index (χ0n) is 15.9. The van der Waals surface area contributed by atoms with Gasteiger partial charge in [-0.05, 0) is 42.8 Å². The van der Waals surface area contributed by atoms with Gasteiger partial charge < -0.3 is 24.8 Å². The average Bonchev–Trinajstić information content (AvgIpc) is 3.10. The zero-order valence-corrected chi connectivity index (χ0v) is 15.9. The van der Waals surface area contributed by atoms with E-state index < -0.39 is 5.97 Å². The van der Waals surface area contributed by atoms with E-state index in [-0.39, 0.29) is 24.5 Å². The molecule has 148 valence electrons. The molecule has 2 N–H and O–H groups in total. The van der Waals surface area contributed by atoms with Crippen molar-refractivity contribution in [3.8, 4) is 5.75 Å². The number of carbonyl (C=O) groups excluding carboxylic acids is 1. The number of para-hydroxylation sites is 1. The monoisotopic (exact) mass is 384 g/mol. The smallest absolute Gasteiger partial charge is 0.305 e. The highest BCUT2D eigenvalue weighted by Crippen LogP contribution is 2.29. The first-order valence-corrected chi connectivity index (χ1v) is 9.07. The lowest BCUT2D eigenvalue weighted by Crippen LogP contribution is -2.37. The molecule has 7 nitrogen and oxygen atoms in total. The number of likely N-dealkylation sites (tertiary alicyclic amines) is 1. The van der Waals surface area contributed by atoms with Gasteiger partial charge in [-0.2, -0.15) is 0 Å². The number of ether oxygens (including phenoxy) is 2. The lowest BCUT2D eigenvalue weighted by molar-refractivity contribution is -0.137. The molecule has 0 aliphatic carbocycles. The highest BCUT2D eigenvalue weighted by atomic mass is 16.5. The Morgan fingerprint density at radius 2 is 1.86 bits per heavy atom. The van der Waals surface area contributed by atoms with Crippen molar-refractivity contribution in [2.75, 3.05) is 26.1 Å². The fraction of sp³-hybridized carbons (Fsp3) is 0.333. The van der Waals surface area contributed by atoms with Gasteiger partial charge in [-0.1, -0.05) is 12.1 Å². The van der Waals surface area contributed by atoms with E-state index in [9.17, 15) is 14.7 Å². The molecule has 2 aromatic carbocycles. The number of carboxylic acid groups (broad SMARTS) is 1. The van der Waals surface area contributed by atoms with Gasteiger partial charge in [-0.25, -0.2) is 0 Å². The van der Waals surface area contributed by atoms with Crippen molar-refractivity contribution in [1.29, 1.82) is 0 Å². The number of nitrogens with zero attached hydrogens (tertiary/aromatic N) is 1. The number of benzene rings is 2. The SMILES string of the molecule is COc1ccc(Nc2ccccc2C(=O)N2CC(OC)CC2CC(=O)O)cc1. The van der Waals surface area contributed by atoms with Crippen LogP contribution in [0.5, 0.6) is 5.75 Å². The van der Waals surface area contributed by atoms with Crippen LogP contribution in [-0.4, -0.2) is 54.8 Å². The summed E-state index contributed by atoms with van der Waals surface area (Å²) in [6.45, 7) is 0.379. The normalized spacial score (nSPS) is 18.7. The number of carboxylic acids is 1. The van der Waals surface area contributed by atoms with Gasteiger partial charge in [0, 0.05) is 25.4 Å². The van der Waals surface area contributed by atoms with Crippen LogP contribution in [-0.2, 0) is 9.53 Å². The summed E-state index contributed by atoms with van der Waals surface area (Å²) in [5.41, 5.74) is 1.97. The van der Waals surface area contributed by atoms with Crippen molar-refractivity contribution in [3.05, 3.63) is 54.1 Å². The summed E-state index contributed by atoms with van der Waals surface area (Å²) in [5, 5.41) is 12.5. The zero-order chi connectivity index (χ0) is 20.1. The summed E-state index contributed by atoms with van der Waals surface area (Å²) in [6, 6.07) is 14.2. The van der Waals surface area contributed by atoms with E-state index in [0.29, 0.717) is 24.2 Å². The second kappa shape index (κ2) is 8.75. The summed E-state index contributed by atoms with van der Waals surface area (Å²) in [6.07, 6.45) is 0.262. The summed E-state index contributed by atoms with van der Waals surface area (Å²) in [4.78, 5) is 26.1. The summed E-state index contributed by atoms with van der Waals surface area (Å²) in [7, 11) is 3.18. The molecule has 28 heavy (non-hydrogen) atoms. The Bertz CT molecular complexity index is 837. The number of hydrogen-bond donors (Lipinski definition) is 2. The van der Waals surface area contributed by atoms with Crippen LogP contribution in [0, 0.1) is 0 Å². The molecule has 1 amide bonds. The van der Waals surface area contributed by atoms with Gasteiger partial charge in [0.25, 0.3) is 5.91 Å². The largest absolute Gasteiger partial charge is 0.497 e. The fourth-order valence-electron chi connectivity index (χ4n) is 3.45. The maximum atomic E-state index is 13.2. The molecule has 2 aromatic rings. The molecule has 1 fully saturated rings. The van der Waals surface area contributed by atoms with Crippen molar-refractivity contribution in [3.63, 3.8) is 0 Å². The van der Waals surface area contributed by atoms with Crippen LogP contribution in [0.15, 0.2) is 48.5 Å². The summed E-state index contributed by atoms with van der Waals surface area (Å²) < 4.78 is 10.5. The Balaban J connectivity index is 1.84. The number of amides is 1. The molecule has 7 heteroatoms. The lowest BCUT2D eigenvalue weighted by Gasteiger charge is -2.24. The summed E-state index contributed by atoms with van der Waals surface area (Å²) >= 11 is 0. The van der Waals surface area contributed by atoms with Crippen LogP contribution in [0.2, 0.25) is 0 Å². The van der Waals surface area contributed by atoms with Gasteiger partial charge in [0.2, 0.25) is 0 Å². The molecular formula is C21H24N2O5. The fourth-order valence-corrected chi connectivity index (χ4v) is 3.45. The van der Waals surface area contributed by atoms with E-state index in [2.05, 4.69) is 5.32 Å². The van der Waals surface area contributed by atoms with E-state index in [1.807, 2.05) is 36.4 Å². The molecule has 2 unspecified atom stereocenters. The Kier molecular flexibility index (Phi) is 6.16. The first kappa shape index (κ1) is 19.7. The molecule has 0 saturated carbocycles. The van der Waals surface area contributed by atoms with Crippen molar-refractivity contribution < 1.29 is 24.2 Å². The number of nitrogens with one attached hydrogen (secondary N) is 1. The van der Waals surface area contributed by atoms with E-state index >= 15 is 0 Å². The Hall–Kier alpha value is -3.06. The highest BCUT2D eigenvalue weighted by molar-refractivity contribution is 6.00. The van der Waals surface area contributed by atoms with Crippen LogP contribution in [0.25, 0.3) is 0 Å². The van der Waals surface area contributed by atoms with Crippen LogP contribution in [0.4, 0.5) is 11.4 Å². The molecule has 3 rings (SSSR count). The number of rotatable bonds is 7. The van der Waals surface area contributed by atoms with E-state index in [1.54, 1.807) is 31.3 Å². The van der Waals surface area contributed by atoms with Gasteiger partial charge in [0.15, 0.2) is 0 Å². The minimum absolute atomic E-state index is 0.0975. The number of hydrogen-bond acceptors (Lipinski definition) is 5. The molecule has 0 bridgehead atoms. The minimum atomic E-state index is -0.927. The van der Waals surface area contributed by atoms with E-state index in [0.717, 1.165) is 11.4 Å². The van der Waals surface area contributed by atoms with Crippen molar-refractivity contribution in [1.82, 2.24) is 4.90 Å². The molecule has 1 aliphatic heterocycles. The second-order valence-corrected chi connectivity index (χ2v) is 6.70. The molecule has 1 heterocycles. The molecule has 0 radical (unpaired) electrons. The predicted octanol–water partition coefficient (Wildman–Crippen LogP) is 3.14. The molecule has 0 spiro atoms. The van der Waals surface area contributed by atoms with Crippen LogP contribution in [0.1, 0.15) is 23.2 Å². The average molecular weight is 384 g/mol. The Morgan fingerprint density at radius 1 is 1.14 bits per heavy atom. The number of anilines is 2. The summed E-state index contributed by atoms with van der Waals surface area (Å²) in [5.74, 6) is -0.388. The second-order valence-electron chi connectivity index (χ2n) is 6.70. The van der Waals surface area contributed by atoms with Gasteiger partial charge in [0.05, 0.1) is 30.9 Å². The maximum absolute atomic E-state index is 13.2. The van der Waals surface area contributed by atoms with Crippen LogP contribution >= 0.6 is 0 Å².